The molecule has 4 nitrogen and oxygen atoms in total. The van der Waals surface area contributed by atoms with E-state index >= 15 is 0 Å². The predicted octanol–water partition coefficient (Wildman–Crippen LogP) is 2.55. The molecule has 0 aliphatic carbocycles. The lowest BCUT2D eigenvalue weighted by atomic mass is 10.1. The molecule has 5 heteroatoms. The van der Waals surface area contributed by atoms with Gasteiger partial charge in [0.2, 0.25) is 0 Å². The lowest BCUT2D eigenvalue weighted by Gasteiger charge is -2.13. The van der Waals surface area contributed by atoms with Crippen molar-refractivity contribution in [2.45, 2.75) is 45.2 Å². The molecule has 0 amide bonds. The van der Waals surface area contributed by atoms with Crippen molar-refractivity contribution < 1.29 is 4.79 Å². The highest BCUT2D eigenvalue weighted by molar-refractivity contribution is 9.10. The summed E-state index contributed by atoms with van der Waals surface area (Å²) in [5.74, 6) is 0.169. The Kier molecular flexibility index (Phi) is 3.99. The molecule has 1 aliphatic rings. The third-order valence-corrected chi connectivity index (χ3v) is 3.68. The van der Waals surface area contributed by atoms with E-state index in [1.807, 2.05) is 13.8 Å². The number of nitrogens with zero attached hydrogens (tertiary/aromatic N) is 2. The summed E-state index contributed by atoms with van der Waals surface area (Å²) in [5, 5.41) is 7.59. The zero-order chi connectivity index (χ0) is 12.4. The van der Waals surface area contributed by atoms with E-state index in [0.717, 1.165) is 17.4 Å². The summed E-state index contributed by atoms with van der Waals surface area (Å²) in [6.07, 6.45) is 4.54. The lowest BCUT2D eigenvalue weighted by Crippen LogP contribution is -2.26. The molecule has 94 valence electrons. The number of aromatic nitrogens is 2. The number of halogens is 1. The van der Waals surface area contributed by atoms with Crippen LogP contribution >= 0.6 is 15.9 Å². The van der Waals surface area contributed by atoms with Crippen LogP contribution < -0.4 is 5.32 Å². The van der Waals surface area contributed by atoms with E-state index < -0.39 is 0 Å². The molecule has 0 aromatic carbocycles. The van der Waals surface area contributed by atoms with Gasteiger partial charge in [0.1, 0.15) is 5.69 Å². The molecule has 0 spiro atoms. The number of carbonyl (C=O) groups is 1. The van der Waals surface area contributed by atoms with Crippen LogP contribution in [0.5, 0.6) is 0 Å². The molecule has 0 bridgehead atoms. The summed E-state index contributed by atoms with van der Waals surface area (Å²) in [7, 11) is 0. The summed E-state index contributed by atoms with van der Waals surface area (Å²) in [5.41, 5.74) is 0.703. The number of Topliss-reactive ketones (excluding diaryl/α,β-unsaturated/α-hetero) is 1. The van der Waals surface area contributed by atoms with E-state index in [0.29, 0.717) is 18.2 Å². The first kappa shape index (κ1) is 12.8. The Morgan fingerprint density at radius 1 is 1.71 bits per heavy atom. The monoisotopic (exact) mass is 299 g/mol. The third-order valence-electron chi connectivity index (χ3n) is 3.10. The fraction of sp³-hybridized carbons (Fsp3) is 0.667. The van der Waals surface area contributed by atoms with Crippen LogP contribution in [0.2, 0.25) is 0 Å². The van der Waals surface area contributed by atoms with Gasteiger partial charge in [-0.25, -0.2) is 0 Å². The summed E-state index contributed by atoms with van der Waals surface area (Å²) in [6.45, 7) is 5.09. The summed E-state index contributed by atoms with van der Waals surface area (Å²) in [6, 6.07) is 0.543. The number of hydrogen-bond acceptors (Lipinski definition) is 3. The highest BCUT2D eigenvalue weighted by Crippen LogP contribution is 2.22. The molecule has 1 fully saturated rings. The van der Waals surface area contributed by atoms with Gasteiger partial charge in [-0.05, 0) is 49.2 Å². The van der Waals surface area contributed by atoms with Gasteiger partial charge in [0.15, 0.2) is 5.78 Å². The molecule has 2 heterocycles. The van der Waals surface area contributed by atoms with Crippen molar-refractivity contribution in [2.75, 3.05) is 6.54 Å². The molecular formula is C12H18BrN3O. The maximum atomic E-state index is 12.3. The number of rotatable bonds is 4. The first-order valence-electron chi connectivity index (χ1n) is 6.09. The van der Waals surface area contributed by atoms with Crippen LogP contribution in [0.1, 0.15) is 49.6 Å². The molecular weight excluding hydrogens is 282 g/mol. The predicted molar refractivity (Wildman–Crippen MR) is 70.3 cm³/mol. The third kappa shape index (κ3) is 2.77. The second kappa shape index (κ2) is 5.31. The Morgan fingerprint density at radius 2 is 2.47 bits per heavy atom. The number of hydrogen-bond donors (Lipinski definition) is 1. The fourth-order valence-electron chi connectivity index (χ4n) is 2.25. The van der Waals surface area contributed by atoms with Crippen LogP contribution in [0.15, 0.2) is 10.7 Å². The zero-order valence-corrected chi connectivity index (χ0v) is 11.8. The highest BCUT2D eigenvalue weighted by Gasteiger charge is 2.23. The van der Waals surface area contributed by atoms with Gasteiger partial charge in [-0.15, -0.1) is 0 Å². The minimum absolute atomic E-state index is 0.169. The largest absolute Gasteiger partial charge is 0.314 e. The molecule has 1 aromatic rings. The van der Waals surface area contributed by atoms with E-state index in [1.165, 1.54) is 6.42 Å². The van der Waals surface area contributed by atoms with E-state index in [9.17, 15) is 4.79 Å². The van der Waals surface area contributed by atoms with Crippen LogP contribution in [-0.2, 0) is 0 Å². The minimum Gasteiger partial charge on any atom is -0.314 e. The second-order valence-corrected chi connectivity index (χ2v) is 5.65. The smallest absolute Gasteiger partial charge is 0.183 e. The van der Waals surface area contributed by atoms with Gasteiger partial charge in [0.25, 0.3) is 0 Å². The molecule has 2 rings (SSSR count). The molecule has 1 aliphatic heterocycles. The van der Waals surface area contributed by atoms with Gasteiger partial charge in [0.05, 0.1) is 10.7 Å². The molecule has 1 saturated heterocycles. The van der Waals surface area contributed by atoms with Crippen LogP contribution in [0.3, 0.4) is 0 Å². The first-order valence-corrected chi connectivity index (χ1v) is 6.88. The van der Waals surface area contributed by atoms with Gasteiger partial charge in [-0.2, -0.15) is 5.10 Å². The van der Waals surface area contributed by atoms with E-state index in [1.54, 1.807) is 10.9 Å². The molecule has 1 aromatic heterocycles. The van der Waals surface area contributed by atoms with Crippen LogP contribution in [-0.4, -0.2) is 28.2 Å². The summed E-state index contributed by atoms with van der Waals surface area (Å²) < 4.78 is 2.59. The van der Waals surface area contributed by atoms with Crippen molar-refractivity contribution in [3.8, 4) is 0 Å². The maximum absolute atomic E-state index is 12.3. The van der Waals surface area contributed by atoms with E-state index in [-0.39, 0.29) is 11.8 Å². The van der Waals surface area contributed by atoms with Crippen molar-refractivity contribution in [1.29, 1.82) is 0 Å². The highest BCUT2D eigenvalue weighted by atomic mass is 79.9. The fourth-order valence-corrected chi connectivity index (χ4v) is 2.74. The Bertz CT molecular complexity index is 408. The van der Waals surface area contributed by atoms with Crippen LogP contribution in [0.25, 0.3) is 0 Å². The zero-order valence-electron chi connectivity index (χ0n) is 10.2. The van der Waals surface area contributed by atoms with Gasteiger partial charge in [0, 0.05) is 18.5 Å². The Hall–Kier alpha value is -0.680. The van der Waals surface area contributed by atoms with Crippen LogP contribution in [0.4, 0.5) is 0 Å². The number of carbonyl (C=O) groups excluding carboxylic acids is 1. The van der Waals surface area contributed by atoms with Crippen molar-refractivity contribution in [2.24, 2.45) is 0 Å². The average molecular weight is 300 g/mol. The molecule has 17 heavy (non-hydrogen) atoms. The Balaban J connectivity index is 2.14. The van der Waals surface area contributed by atoms with Gasteiger partial charge in [-0.1, -0.05) is 0 Å². The standard InChI is InChI=1S/C12H18BrN3O/c1-8(2)16-12(10(13)7-15-16)11(17)6-9-4-3-5-14-9/h7-9,14H,3-6H2,1-2H3. The lowest BCUT2D eigenvalue weighted by molar-refractivity contribution is 0.0958. The SMILES string of the molecule is CC(C)n1ncc(Br)c1C(=O)CC1CCCN1. The number of ketones is 1. The van der Waals surface area contributed by atoms with E-state index in [2.05, 4.69) is 26.3 Å². The number of nitrogens with one attached hydrogen (secondary N) is 1. The molecule has 0 radical (unpaired) electrons. The first-order chi connectivity index (χ1) is 8.09. The minimum atomic E-state index is 0.169. The molecule has 1 unspecified atom stereocenters. The summed E-state index contributed by atoms with van der Waals surface area (Å²) >= 11 is 3.41. The Morgan fingerprint density at radius 3 is 3.06 bits per heavy atom. The van der Waals surface area contributed by atoms with Crippen LogP contribution in [0, 0.1) is 0 Å². The quantitative estimate of drug-likeness (QED) is 0.869. The van der Waals surface area contributed by atoms with Crippen molar-refractivity contribution in [3.05, 3.63) is 16.4 Å². The maximum Gasteiger partial charge on any atom is 0.183 e. The van der Waals surface area contributed by atoms with E-state index in [4.69, 9.17) is 0 Å². The van der Waals surface area contributed by atoms with Crippen molar-refractivity contribution in [3.63, 3.8) is 0 Å². The molecule has 1 N–H and O–H groups in total. The van der Waals surface area contributed by atoms with Crippen molar-refractivity contribution >= 4 is 21.7 Å². The summed E-state index contributed by atoms with van der Waals surface area (Å²) in [4.78, 5) is 12.3. The average Bonchev–Trinajstić information content (AvgIpc) is 2.86. The molecule has 1 atom stereocenters. The second-order valence-electron chi connectivity index (χ2n) is 4.80. The van der Waals surface area contributed by atoms with Gasteiger partial charge >= 0.3 is 0 Å². The molecule has 0 saturated carbocycles. The van der Waals surface area contributed by atoms with Gasteiger partial charge in [-0.3, -0.25) is 9.48 Å². The van der Waals surface area contributed by atoms with Gasteiger partial charge < -0.3 is 5.32 Å². The topological polar surface area (TPSA) is 46.9 Å². The van der Waals surface area contributed by atoms with Crippen molar-refractivity contribution in [1.82, 2.24) is 15.1 Å². The Labute approximate surface area is 110 Å². The normalized spacial score (nSPS) is 20.1.